The molecule has 7 rings (SSSR count). The number of halogens is 2. The van der Waals surface area contributed by atoms with Crippen LogP contribution in [0, 0.1) is 23.0 Å². The number of rotatable bonds is 18. The number of fused-ring (bicyclic) bond motifs is 1. The Balaban J connectivity index is 0.914. The number of carbonyl (C=O) groups excluding carboxylic acids is 3. The average molecular weight is 925 g/mol. The molecule has 1 atom stereocenters. The van der Waals surface area contributed by atoms with Crippen LogP contribution >= 0.6 is 0 Å². The molecule has 66 heavy (non-hydrogen) atoms. The first-order valence-electron chi connectivity index (χ1n) is 20.3. The molecule has 3 N–H and O–H groups in total. The molecule has 0 bridgehead atoms. The van der Waals surface area contributed by atoms with Crippen LogP contribution in [0.25, 0.3) is 22.0 Å². The Bertz CT molecular complexity index is 2990. The molecule has 1 saturated heterocycles. The van der Waals surface area contributed by atoms with Gasteiger partial charge in [0.25, 0.3) is 5.56 Å². The molecule has 18 nitrogen and oxygen atoms in total. The van der Waals surface area contributed by atoms with Crippen LogP contribution in [-0.2, 0) is 40.9 Å². The first-order valence-corrected chi connectivity index (χ1v) is 22.0. The molecule has 3 amide bonds. The smallest absolute Gasteiger partial charge is 0.274 e. The minimum Gasteiger partial charge on any atom is -0.491 e. The minimum absolute atomic E-state index is 0.00540. The SMILES string of the molecule is CCS(=O)(=O)Nc1ccc(Oc2cccc(OCCOCCOCC(=O)N3CC(=O)N(c4cc(C#N)ccn4)C(C(=O)Nc4cc(F)cc(F)c4)C3)c2)c(-c2cn(C)c(=O)c3[nH]ccc23)c1. The van der Waals surface area contributed by atoms with E-state index in [1.54, 1.807) is 68.0 Å². The monoisotopic (exact) mass is 924 g/mol. The predicted molar refractivity (Wildman–Crippen MR) is 238 cm³/mol. The molecule has 3 aromatic carbocycles. The Morgan fingerprint density at radius 3 is 2.45 bits per heavy atom. The third-order valence-electron chi connectivity index (χ3n) is 10.2. The van der Waals surface area contributed by atoms with Crippen molar-refractivity contribution in [2.24, 2.45) is 7.05 Å². The fourth-order valence-corrected chi connectivity index (χ4v) is 7.62. The van der Waals surface area contributed by atoms with Gasteiger partial charge in [-0.3, -0.25) is 28.8 Å². The molecule has 1 aliphatic rings. The quantitative estimate of drug-likeness (QED) is 0.0976. The predicted octanol–water partition coefficient (Wildman–Crippen LogP) is 4.93. The lowest BCUT2D eigenvalue weighted by molar-refractivity contribution is -0.143. The van der Waals surface area contributed by atoms with Gasteiger partial charge in [0.1, 0.15) is 66.0 Å². The van der Waals surface area contributed by atoms with Crippen LogP contribution in [-0.4, -0.2) is 103 Å². The van der Waals surface area contributed by atoms with Crippen molar-refractivity contribution in [3.05, 3.63) is 125 Å². The normalized spacial score (nSPS) is 13.9. The lowest BCUT2D eigenvalue weighted by Crippen LogP contribution is -2.62. The van der Waals surface area contributed by atoms with Crippen molar-refractivity contribution in [3.8, 4) is 34.4 Å². The number of pyridine rings is 2. The Kier molecular flexibility index (Phi) is 14.3. The van der Waals surface area contributed by atoms with Gasteiger partial charge in [-0.05, 0) is 67.6 Å². The van der Waals surface area contributed by atoms with E-state index in [4.69, 9.17) is 18.9 Å². The van der Waals surface area contributed by atoms with Gasteiger partial charge in [0.05, 0.1) is 43.8 Å². The summed E-state index contributed by atoms with van der Waals surface area (Å²) in [5.41, 5.74) is 1.56. The van der Waals surface area contributed by atoms with Crippen molar-refractivity contribution >= 4 is 55.8 Å². The maximum atomic E-state index is 13.9. The highest BCUT2D eigenvalue weighted by molar-refractivity contribution is 7.92. The number of sulfonamides is 1. The Labute approximate surface area is 376 Å². The molecule has 342 valence electrons. The van der Waals surface area contributed by atoms with Crippen molar-refractivity contribution in [2.75, 3.05) is 66.8 Å². The fourth-order valence-electron chi connectivity index (χ4n) is 6.99. The van der Waals surface area contributed by atoms with Crippen molar-refractivity contribution in [1.29, 1.82) is 5.26 Å². The average Bonchev–Trinajstić information content (AvgIpc) is 3.79. The third-order valence-corrected chi connectivity index (χ3v) is 11.5. The number of carbonyl (C=O) groups is 3. The highest BCUT2D eigenvalue weighted by Gasteiger charge is 2.40. The number of aryl methyl sites for hydroxylation is 1. The molecule has 1 fully saturated rings. The minimum atomic E-state index is -3.59. The Morgan fingerprint density at radius 2 is 1.68 bits per heavy atom. The van der Waals surface area contributed by atoms with Gasteiger partial charge in [-0.15, -0.1) is 0 Å². The number of benzene rings is 3. The third kappa shape index (κ3) is 11.2. The van der Waals surface area contributed by atoms with Crippen molar-refractivity contribution in [3.63, 3.8) is 0 Å². The highest BCUT2D eigenvalue weighted by Crippen LogP contribution is 2.39. The van der Waals surface area contributed by atoms with Crippen molar-refractivity contribution < 1.29 is 50.5 Å². The van der Waals surface area contributed by atoms with Gasteiger partial charge < -0.3 is 38.7 Å². The molecule has 0 radical (unpaired) electrons. The zero-order valence-corrected chi connectivity index (χ0v) is 36.3. The van der Waals surface area contributed by atoms with Crippen molar-refractivity contribution in [1.82, 2.24) is 19.4 Å². The molecule has 6 aromatic rings. The molecule has 1 aliphatic heterocycles. The molecular formula is C45H42F2N8O10S. The molecule has 0 spiro atoms. The number of amides is 3. The highest BCUT2D eigenvalue weighted by atomic mass is 32.2. The summed E-state index contributed by atoms with van der Waals surface area (Å²) in [4.78, 5) is 62.2. The van der Waals surface area contributed by atoms with E-state index < -0.39 is 58.6 Å². The summed E-state index contributed by atoms with van der Waals surface area (Å²) in [6.45, 7) is 0.660. The summed E-state index contributed by atoms with van der Waals surface area (Å²) >= 11 is 0. The fraction of sp³-hybridized carbons (Fsp3) is 0.244. The van der Waals surface area contributed by atoms with E-state index in [1.807, 2.05) is 6.07 Å². The van der Waals surface area contributed by atoms with Crippen LogP contribution < -0.4 is 30.0 Å². The summed E-state index contributed by atoms with van der Waals surface area (Å²) in [5.74, 6) is -2.94. The number of ether oxygens (including phenoxy) is 4. The second-order valence-corrected chi connectivity index (χ2v) is 16.8. The van der Waals surface area contributed by atoms with Gasteiger partial charge in [0.15, 0.2) is 0 Å². The molecule has 4 heterocycles. The standard InChI is InChI=1S/C45H42F2N8O10S/c1-3-66(60,61)52-31-7-8-39(36(21-31)37-24-53(2)45(59)43-35(37)10-12-50-43)65-34-6-4-5-33(22-34)64-16-15-62-13-14-63-27-42(57)54-25-38(44(58)51-32-19-29(46)18-30(47)20-32)55(41(56)26-54)40-17-28(23-48)9-11-49-40/h4-12,17-22,24,38,50,52H,3,13-16,25-27H2,1-2H3,(H,51,58). The number of nitrogens with one attached hydrogen (secondary N) is 3. The number of H-pyrrole nitrogens is 1. The zero-order chi connectivity index (χ0) is 47.0. The Morgan fingerprint density at radius 1 is 0.924 bits per heavy atom. The number of nitrogens with zero attached hydrogens (tertiary/aromatic N) is 5. The lowest BCUT2D eigenvalue weighted by Gasteiger charge is -2.39. The topological polar surface area (TPSA) is 227 Å². The van der Waals surface area contributed by atoms with E-state index in [9.17, 15) is 41.6 Å². The first kappa shape index (κ1) is 46.3. The second kappa shape index (κ2) is 20.4. The molecule has 0 aliphatic carbocycles. The van der Waals surface area contributed by atoms with Gasteiger partial charge >= 0.3 is 0 Å². The summed E-state index contributed by atoms with van der Waals surface area (Å²) < 4.78 is 79.9. The molecule has 3 aromatic heterocycles. The summed E-state index contributed by atoms with van der Waals surface area (Å²) in [6.07, 6.45) is 4.59. The zero-order valence-electron chi connectivity index (χ0n) is 35.5. The van der Waals surface area contributed by atoms with Crippen LogP contribution in [0.5, 0.6) is 17.2 Å². The number of piperazine rings is 1. The summed E-state index contributed by atoms with van der Waals surface area (Å²) in [6, 6.07) is 19.1. The van der Waals surface area contributed by atoms with Crippen LogP contribution in [0.1, 0.15) is 12.5 Å². The number of hydrogen-bond acceptors (Lipinski definition) is 12. The van der Waals surface area contributed by atoms with E-state index in [2.05, 4.69) is 20.0 Å². The van der Waals surface area contributed by atoms with Gasteiger partial charge in [-0.1, -0.05) is 6.07 Å². The van der Waals surface area contributed by atoms with Crippen LogP contribution in [0.2, 0.25) is 0 Å². The number of nitriles is 1. The maximum absolute atomic E-state index is 13.9. The molecule has 21 heteroatoms. The summed E-state index contributed by atoms with van der Waals surface area (Å²) in [5, 5.41) is 12.4. The number of hydrogen-bond donors (Lipinski definition) is 3. The number of aromatic amines is 1. The second-order valence-electron chi connectivity index (χ2n) is 14.7. The van der Waals surface area contributed by atoms with Crippen LogP contribution in [0.3, 0.4) is 0 Å². The Hall–Kier alpha value is -7.67. The largest absolute Gasteiger partial charge is 0.491 e. The lowest BCUT2D eigenvalue weighted by atomic mass is 10.0. The maximum Gasteiger partial charge on any atom is 0.274 e. The number of aromatic nitrogens is 3. The molecule has 0 saturated carbocycles. The van der Waals surface area contributed by atoms with Gasteiger partial charge in [-0.25, -0.2) is 22.2 Å². The first-order chi connectivity index (χ1) is 31.7. The van der Waals surface area contributed by atoms with E-state index in [0.717, 1.165) is 21.9 Å². The molecular weight excluding hydrogens is 883 g/mol. The summed E-state index contributed by atoms with van der Waals surface area (Å²) in [7, 11) is -1.98. The van der Waals surface area contributed by atoms with Gasteiger partial charge in [0.2, 0.25) is 27.7 Å². The van der Waals surface area contributed by atoms with E-state index in [1.165, 1.54) is 29.8 Å². The van der Waals surface area contributed by atoms with Gasteiger partial charge in [0, 0.05) is 65.7 Å². The van der Waals surface area contributed by atoms with E-state index in [0.29, 0.717) is 51.0 Å². The molecule has 1 unspecified atom stereocenters. The number of anilines is 3. The van der Waals surface area contributed by atoms with Gasteiger partial charge in [-0.2, -0.15) is 5.26 Å². The van der Waals surface area contributed by atoms with E-state index in [-0.39, 0.29) is 61.4 Å². The van der Waals surface area contributed by atoms with Crippen LogP contribution in [0.4, 0.5) is 26.0 Å². The van der Waals surface area contributed by atoms with Crippen molar-refractivity contribution in [2.45, 2.75) is 13.0 Å². The van der Waals surface area contributed by atoms with Crippen LogP contribution in [0.15, 0.2) is 102 Å². The van der Waals surface area contributed by atoms with E-state index >= 15 is 0 Å².